The number of nitrogens with one attached hydrogen (secondary N) is 2. The second-order valence-electron chi connectivity index (χ2n) is 5.73. The summed E-state index contributed by atoms with van der Waals surface area (Å²) < 4.78 is 42.5. The minimum absolute atomic E-state index is 0.0102. The molecule has 7 nitrogen and oxygen atoms in total. The third-order valence-corrected chi connectivity index (χ3v) is 3.65. The van der Waals surface area contributed by atoms with Gasteiger partial charge in [0, 0.05) is 25.0 Å². The van der Waals surface area contributed by atoms with Crippen LogP contribution in [0.2, 0.25) is 0 Å². The van der Waals surface area contributed by atoms with Crippen LogP contribution in [-0.4, -0.2) is 33.6 Å². The molecule has 2 aromatic heterocycles. The molecule has 150 valence electrons. The van der Waals surface area contributed by atoms with E-state index in [1.165, 1.54) is 18.5 Å². The topological polar surface area (TPSA) is 89.0 Å². The quantitative estimate of drug-likeness (QED) is 0.597. The lowest BCUT2D eigenvalue weighted by Gasteiger charge is -2.14. The normalized spacial score (nSPS) is 11.7. The van der Waals surface area contributed by atoms with Gasteiger partial charge in [0.25, 0.3) is 12.3 Å². The molecule has 1 amide bonds. The van der Waals surface area contributed by atoms with Gasteiger partial charge in [-0.25, -0.2) is 18.7 Å². The summed E-state index contributed by atoms with van der Waals surface area (Å²) in [5, 5.41) is 5.41. The molecule has 0 saturated carbocycles. The fourth-order valence-corrected chi connectivity index (χ4v) is 2.28. The van der Waals surface area contributed by atoms with Crippen LogP contribution >= 0.6 is 0 Å². The van der Waals surface area contributed by atoms with Crippen LogP contribution in [0.3, 0.4) is 0 Å². The summed E-state index contributed by atoms with van der Waals surface area (Å²) in [7, 11) is 0. The van der Waals surface area contributed by atoms with E-state index in [2.05, 4.69) is 30.3 Å². The highest BCUT2D eigenvalue weighted by molar-refractivity contribution is 6.03. The lowest BCUT2D eigenvalue weighted by atomic mass is 10.2. The van der Waals surface area contributed by atoms with E-state index in [0.717, 1.165) is 17.8 Å². The van der Waals surface area contributed by atoms with Gasteiger partial charge < -0.3 is 15.4 Å². The number of carbonyl (C=O) groups excluding carboxylic acids is 1. The van der Waals surface area contributed by atoms with Crippen molar-refractivity contribution < 1.29 is 22.7 Å². The monoisotopic (exact) mass is 403 g/mol. The fraction of sp³-hybridized carbons (Fsp3) is 0.158. The third kappa shape index (κ3) is 5.64. The molecular weight excluding hydrogens is 387 g/mol. The number of aromatic nitrogens is 3. The Labute approximate surface area is 164 Å². The zero-order chi connectivity index (χ0) is 20.6. The number of alkyl halides is 3. The highest BCUT2D eigenvalue weighted by Gasteiger charge is 2.23. The Morgan fingerprint density at radius 1 is 1.07 bits per heavy atom. The van der Waals surface area contributed by atoms with Gasteiger partial charge in [0.05, 0.1) is 6.20 Å². The van der Waals surface area contributed by atoms with Crippen LogP contribution in [-0.2, 0) is 6.54 Å². The number of benzene rings is 1. The van der Waals surface area contributed by atoms with Gasteiger partial charge in [-0.3, -0.25) is 9.78 Å². The minimum Gasteiger partial charge on any atom is -0.452 e. The van der Waals surface area contributed by atoms with Crippen molar-refractivity contribution in [3.8, 4) is 5.75 Å². The van der Waals surface area contributed by atoms with Gasteiger partial charge in [-0.15, -0.1) is 0 Å². The first-order chi connectivity index (χ1) is 14.0. The Kier molecular flexibility index (Phi) is 6.56. The number of ether oxygens (including phenoxy) is 1. The Hall–Kier alpha value is -3.69. The Bertz CT molecular complexity index is 959. The largest absolute Gasteiger partial charge is 0.452 e. The molecule has 0 fully saturated rings. The van der Waals surface area contributed by atoms with Gasteiger partial charge in [-0.1, -0.05) is 30.3 Å². The number of halogens is 3. The van der Waals surface area contributed by atoms with Gasteiger partial charge >= 0.3 is 6.43 Å². The van der Waals surface area contributed by atoms with Crippen molar-refractivity contribution in [3.05, 3.63) is 72.3 Å². The molecule has 2 N–H and O–H groups in total. The van der Waals surface area contributed by atoms with Gasteiger partial charge in [-0.05, 0) is 11.6 Å². The van der Waals surface area contributed by atoms with E-state index in [9.17, 15) is 18.0 Å². The lowest BCUT2D eigenvalue weighted by molar-refractivity contribution is -0.0665. The summed E-state index contributed by atoms with van der Waals surface area (Å²) in [6.07, 6.45) is -2.39. The SMILES string of the molecule is O=C(Nc1cnccc1OC(F)C(F)F)c1ccnc(NCc2ccccc2)n1. The standard InChI is InChI=1S/C19H16F3N5O2/c20-16(21)17(22)29-15-7-8-23-11-14(15)26-18(28)13-6-9-24-19(27-13)25-10-12-4-2-1-3-5-12/h1-9,11,16-17H,10H2,(H,26,28)(H,24,25,27). The molecule has 0 spiro atoms. The van der Waals surface area contributed by atoms with Crippen LogP contribution in [0.15, 0.2) is 61.1 Å². The second kappa shape index (κ2) is 9.49. The zero-order valence-electron chi connectivity index (χ0n) is 14.9. The molecule has 3 rings (SSSR count). The molecule has 10 heteroatoms. The maximum absolute atomic E-state index is 13.2. The Morgan fingerprint density at radius 2 is 1.86 bits per heavy atom. The molecule has 0 aliphatic carbocycles. The van der Waals surface area contributed by atoms with Crippen LogP contribution in [0, 0.1) is 0 Å². The second-order valence-corrected chi connectivity index (χ2v) is 5.73. The van der Waals surface area contributed by atoms with E-state index in [0.29, 0.717) is 6.54 Å². The first-order valence-electron chi connectivity index (χ1n) is 8.48. The van der Waals surface area contributed by atoms with Crippen LogP contribution in [0.1, 0.15) is 16.1 Å². The van der Waals surface area contributed by atoms with Crippen molar-refractivity contribution in [1.29, 1.82) is 0 Å². The molecule has 0 bridgehead atoms. The average Bonchev–Trinajstić information content (AvgIpc) is 2.74. The zero-order valence-corrected chi connectivity index (χ0v) is 14.9. The summed E-state index contributed by atoms with van der Waals surface area (Å²) in [6.45, 7) is 0.456. The Balaban J connectivity index is 1.68. The Morgan fingerprint density at radius 3 is 2.62 bits per heavy atom. The van der Waals surface area contributed by atoms with Gasteiger partial charge in [0.2, 0.25) is 5.95 Å². The number of hydrogen-bond donors (Lipinski definition) is 2. The molecule has 0 aliphatic heterocycles. The summed E-state index contributed by atoms with van der Waals surface area (Å²) >= 11 is 0. The number of carbonyl (C=O) groups is 1. The van der Waals surface area contributed by atoms with E-state index in [1.807, 2.05) is 30.3 Å². The molecule has 1 unspecified atom stereocenters. The summed E-state index contributed by atoms with van der Waals surface area (Å²) in [6, 6.07) is 12.1. The van der Waals surface area contributed by atoms with Crippen LogP contribution in [0.25, 0.3) is 0 Å². The highest BCUT2D eigenvalue weighted by Crippen LogP contribution is 2.26. The molecule has 3 aromatic rings. The molecule has 0 saturated heterocycles. The number of anilines is 2. The van der Waals surface area contributed by atoms with Crippen molar-refractivity contribution in [1.82, 2.24) is 15.0 Å². The third-order valence-electron chi connectivity index (χ3n) is 3.65. The van der Waals surface area contributed by atoms with Crippen LogP contribution < -0.4 is 15.4 Å². The molecule has 0 radical (unpaired) electrons. The van der Waals surface area contributed by atoms with Crippen molar-refractivity contribution in [2.75, 3.05) is 10.6 Å². The van der Waals surface area contributed by atoms with E-state index in [1.54, 1.807) is 0 Å². The van der Waals surface area contributed by atoms with Crippen molar-refractivity contribution in [3.63, 3.8) is 0 Å². The first kappa shape index (κ1) is 20.1. The molecule has 1 aromatic carbocycles. The summed E-state index contributed by atoms with van der Waals surface area (Å²) in [5.74, 6) is -0.719. The predicted molar refractivity (Wildman–Crippen MR) is 99.5 cm³/mol. The minimum atomic E-state index is -3.33. The summed E-state index contributed by atoms with van der Waals surface area (Å²) in [4.78, 5) is 24.4. The van der Waals surface area contributed by atoms with E-state index in [4.69, 9.17) is 0 Å². The maximum atomic E-state index is 13.2. The summed E-state index contributed by atoms with van der Waals surface area (Å²) in [5.41, 5.74) is 0.942. The molecule has 2 heterocycles. The average molecular weight is 403 g/mol. The predicted octanol–water partition coefficient (Wildman–Crippen LogP) is 3.68. The number of rotatable bonds is 8. The van der Waals surface area contributed by atoms with Crippen LogP contribution in [0.5, 0.6) is 5.75 Å². The van der Waals surface area contributed by atoms with Crippen molar-refractivity contribution in [2.45, 2.75) is 19.3 Å². The van der Waals surface area contributed by atoms with E-state index >= 15 is 0 Å². The molecular formula is C19H16F3N5O2. The molecule has 29 heavy (non-hydrogen) atoms. The van der Waals surface area contributed by atoms with Crippen molar-refractivity contribution >= 4 is 17.5 Å². The number of pyridine rings is 1. The number of hydrogen-bond acceptors (Lipinski definition) is 6. The number of nitrogens with zero attached hydrogens (tertiary/aromatic N) is 3. The first-order valence-corrected chi connectivity index (χ1v) is 8.48. The van der Waals surface area contributed by atoms with Crippen molar-refractivity contribution in [2.24, 2.45) is 0 Å². The lowest BCUT2D eigenvalue weighted by Crippen LogP contribution is -2.21. The van der Waals surface area contributed by atoms with Gasteiger partial charge in [0.1, 0.15) is 17.1 Å². The smallest absolute Gasteiger partial charge is 0.304 e. The maximum Gasteiger partial charge on any atom is 0.304 e. The van der Waals surface area contributed by atoms with Crippen LogP contribution in [0.4, 0.5) is 24.8 Å². The number of amides is 1. The van der Waals surface area contributed by atoms with Gasteiger partial charge in [-0.2, -0.15) is 4.39 Å². The fourth-order valence-electron chi connectivity index (χ4n) is 2.28. The van der Waals surface area contributed by atoms with Gasteiger partial charge in [0.15, 0.2) is 0 Å². The molecule has 1 atom stereocenters. The van der Waals surface area contributed by atoms with E-state index < -0.39 is 18.7 Å². The highest BCUT2D eigenvalue weighted by atomic mass is 19.3. The molecule has 0 aliphatic rings. The van der Waals surface area contributed by atoms with E-state index in [-0.39, 0.29) is 23.1 Å².